The van der Waals surface area contributed by atoms with Crippen molar-refractivity contribution in [2.24, 2.45) is 0 Å². The number of halogens is 2. The predicted molar refractivity (Wildman–Crippen MR) is 84.6 cm³/mol. The summed E-state index contributed by atoms with van der Waals surface area (Å²) >= 11 is 5.11. The van der Waals surface area contributed by atoms with E-state index in [0.29, 0.717) is 0 Å². The molecule has 0 radical (unpaired) electrons. The van der Waals surface area contributed by atoms with Crippen molar-refractivity contribution in [2.45, 2.75) is 24.3 Å². The van der Waals surface area contributed by atoms with Crippen molar-refractivity contribution in [3.05, 3.63) is 52.6 Å². The molecule has 1 N–H and O–H groups in total. The van der Waals surface area contributed by atoms with Gasteiger partial charge in [0.1, 0.15) is 11.6 Å². The van der Waals surface area contributed by atoms with Gasteiger partial charge in [0.05, 0.1) is 16.8 Å². The van der Waals surface area contributed by atoms with Crippen LogP contribution in [0.15, 0.2) is 50.4 Å². The molecule has 0 saturated heterocycles. The van der Waals surface area contributed by atoms with Gasteiger partial charge in [0.25, 0.3) is 0 Å². The Labute approximate surface area is 131 Å². The molecule has 2 aromatic rings. The van der Waals surface area contributed by atoms with Gasteiger partial charge in [0.15, 0.2) is 0 Å². The summed E-state index contributed by atoms with van der Waals surface area (Å²) in [5.41, 5.74) is 0. The van der Waals surface area contributed by atoms with Gasteiger partial charge in [0.2, 0.25) is 0 Å². The summed E-state index contributed by atoms with van der Waals surface area (Å²) in [6.07, 6.45) is 2.73. The Hall–Kier alpha value is -0.780. The molecule has 0 aliphatic carbocycles. The average molecular weight is 358 g/mol. The van der Waals surface area contributed by atoms with E-state index >= 15 is 0 Å². The minimum atomic E-state index is -0.202. The standard InChI is InChI=1S/C15H17BrFNOS/c1-2-7-18-14(15-13(16)6-8-19-15)10-20-12-5-3-4-11(17)9-12/h3-6,8-9,14,18H,2,7,10H2,1H3. The molecule has 1 aromatic carbocycles. The van der Waals surface area contributed by atoms with Crippen molar-refractivity contribution in [1.82, 2.24) is 5.32 Å². The van der Waals surface area contributed by atoms with Crippen LogP contribution in [-0.4, -0.2) is 12.3 Å². The fourth-order valence-electron chi connectivity index (χ4n) is 1.84. The lowest BCUT2D eigenvalue weighted by Gasteiger charge is -2.16. The summed E-state index contributed by atoms with van der Waals surface area (Å²) in [6.45, 7) is 3.04. The zero-order valence-corrected chi connectivity index (χ0v) is 13.6. The summed E-state index contributed by atoms with van der Waals surface area (Å²) in [6, 6.07) is 8.66. The van der Waals surface area contributed by atoms with Gasteiger partial charge in [-0.2, -0.15) is 0 Å². The third-order valence-corrected chi connectivity index (χ3v) is 4.56. The Morgan fingerprint density at radius 1 is 1.40 bits per heavy atom. The maximum Gasteiger partial charge on any atom is 0.135 e. The highest BCUT2D eigenvalue weighted by atomic mass is 79.9. The molecule has 0 bridgehead atoms. The van der Waals surface area contributed by atoms with E-state index in [4.69, 9.17) is 4.42 Å². The maximum absolute atomic E-state index is 13.2. The van der Waals surface area contributed by atoms with Crippen LogP contribution in [0, 0.1) is 5.82 Å². The molecule has 108 valence electrons. The van der Waals surface area contributed by atoms with E-state index in [1.54, 1.807) is 30.2 Å². The number of hydrogen-bond acceptors (Lipinski definition) is 3. The smallest absolute Gasteiger partial charge is 0.135 e. The molecule has 0 amide bonds. The number of benzene rings is 1. The first-order chi connectivity index (χ1) is 9.70. The van der Waals surface area contributed by atoms with Crippen LogP contribution in [0.25, 0.3) is 0 Å². The van der Waals surface area contributed by atoms with Crippen molar-refractivity contribution >= 4 is 27.7 Å². The third-order valence-electron chi connectivity index (χ3n) is 2.81. The maximum atomic E-state index is 13.2. The number of nitrogens with one attached hydrogen (secondary N) is 1. The topological polar surface area (TPSA) is 25.2 Å². The van der Waals surface area contributed by atoms with Gasteiger partial charge in [0, 0.05) is 10.6 Å². The van der Waals surface area contributed by atoms with Crippen molar-refractivity contribution in [2.75, 3.05) is 12.3 Å². The van der Waals surface area contributed by atoms with E-state index in [-0.39, 0.29) is 11.9 Å². The van der Waals surface area contributed by atoms with E-state index in [1.807, 2.05) is 12.1 Å². The van der Waals surface area contributed by atoms with Gasteiger partial charge >= 0.3 is 0 Å². The highest BCUT2D eigenvalue weighted by Crippen LogP contribution is 2.30. The lowest BCUT2D eigenvalue weighted by molar-refractivity contribution is 0.433. The van der Waals surface area contributed by atoms with Crippen molar-refractivity contribution in [3.8, 4) is 0 Å². The first-order valence-electron chi connectivity index (χ1n) is 6.55. The lowest BCUT2D eigenvalue weighted by Crippen LogP contribution is -2.24. The molecule has 1 heterocycles. The first-order valence-corrected chi connectivity index (χ1v) is 8.33. The fourth-order valence-corrected chi connectivity index (χ4v) is 3.31. The van der Waals surface area contributed by atoms with Gasteiger partial charge in [-0.15, -0.1) is 11.8 Å². The zero-order chi connectivity index (χ0) is 14.4. The Bertz CT molecular complexity index is 546. The molecule has 0 saturated carbocycles. The highest BCUT2D eigenvalue weighted by molar-refractivity contribution is 9.10. The second kappa shape index (κ2) is 7.86. The van der Waals surface area contributed by atoms with E-state index < -0.39 is 0 Å². The van der Waals surface area contributed by atoms with Gasteiger partial charge in [-0.1, -0.05) is 13.0 Å². The van der Waals surface area contributed by atoms with Crippen LogP contribution in [0.4, 0.5) is 4.39 Å². The Morgan fingerprint density at radius 2 is 2.25 bits per heavy atom. The quantitative estimate of drug-likeness (QED) is 0.704. The summed E-state index contributed by atoms with van der Waals surface area (Å²) in [5.74, 6) is 1.48. The second-order valence-corrected chi connectivity index (χ2v) is 6.36. The molecule has 1 unspecified atom stereocenters. The summed E-state index contributed by atoms with van der Waals surface area (Å²) in [5, 5.41) is 3.46. The number of hydrogen-bond donors (Lipinski definition) is 1. The Kier molecular flexibility index (Phi) is 6.13. The van der Waals surface area contributed by atoms with Crippen LogP contribution in [-0.2, 0) is 0 Å². The Morgan fingerprint density at radius 3 is 2.90 bits per heavy atom. The fraction of sp³-hybridized carbons (Fsp3) is 0.333. The lowest BCUT2D eigenvalue weighted by atomic mass is 10.2. The first kappa shape index (κ1) is 15.6. The van der Waals surface area contributed by atoms with Gasteiger partial charge in [-0.3, -0.25) is 0 Å². The zero-order valence-electron chi connectivity index (χ0n) is 11.2. The van der Waals surface area contributed by atoms with Crippen LogP contribution >= 0.6 is 27.7 Å². The van der Waals surface area contributed by atoms with Crippen LogP contribution < -0.4 is 5.32 Å². The van der Waals surface area contributed by atoms with E-state index in [9.17, 15) is 4.39 Å². The van der Waals surface area contributed by atoms with Gasteiger partial charge in [-0.05, 0) is 53.2 Å². The molecule has 20 heavy (non-hydrogen) atoms. The largest absolute Gasteiger partial charge is 0.466 e. The molecule has 0 aliphatic rings. The van der Waals surface area contributed by atoms with Crippen LogP contribution in [0.5, 0.6) is 0 Å². The Balaban J connectivity index is 2.03. The molecule has 1 aromatic heterocycles. The van der Waals surface area contributed by atoms with Gasteiger partial charge in [-0.25, -0.2) is 4.39 Å². The van der Waals surface area contributed by atoms with Crippen molar-refractivity contribution < 1.29 is 8.81 Å². The predicted octanol–water partition coefficient (Wildman–Crippen LogP) is 5.01. The SMILES string of the molecule is CCCNC(CSc1cccc(F)c1)c1occc1Br. The summed E-state index contributed by atoms with van der Waals surface area (Å²) in [4.78, 5) is 0.927. The third kappa shape index (κ3) is 4.36. The number of furan rings is 1. The average Bonchev–Trinajstić information content (AvgIpc) is 2.85. The van der Waals surface area contributed by atoms with E-state index in [0.717, 1.165) is 33.8 Å². The molecular weight excluding hydrogens is 341 g/mol. The minimum Gasteiger partial charge on any atom is -0.466 e. The van der Waals surface area contributed by atoms with Crippen LogP contribution in [0.2, 0.25) is 0 Å². The van der Waals surface area contributed by atoms with Crippen molar-refractivity contribution in [3.63, 3.8) is 0 Å². The molecule has 2 nitrogen and oxygen atoms in total. The number of thioether (sulfide) groups is 1. The molecule has 0 aliphatic heterocycles. The summed E-state index contributed by atoms with van der Waals surface area (Å²) in [7, 11) is 0. The highest BCUT2D eigenvalue weighted by Gasteiger charge is 2.17. The van der Waals surface area contributed by atoms with E-state index in [1.165, 1.54) is 6.07 Å². The molecule has 0 spiro atoms. The normalized spacial score (nSPS) is 12.6. The van der Waals surface area contributed by atoms with Gasteiger partial charge < -0.3 is 9.73 Å². The molecular formula is C15H17BrFNOS. The molecule has 1 atom stereocenters. The van der Waals surface area contributed by atoms with Crippen molar-refractivity contribution in [1.29, 1.82) is 0 Å². The molecule has 2 rings (SSSR count). The van der Waals surface area contributed by atoms with E-state index in [2.05, 4.69) is 28.2 Å². The monoisotopic (exact) mass is 357 g/mol. The second-order valence-electron chi connectivity index (χ2n) is 4.41. The summed E-state index contributed by atoms with van der Waals surface area (Å²) < 4.78 is 19.7. The number of rotatable bonds is 7. The van der Waals surface area contributed by atoms with Crippen LogP contribution in [0.3, 0.4) is 0 Å². The molecule has 0 fully saturated rings. The van der Waals surface area contributed by atoms with Crippen LogP contribution in [0.1, 0.15) is 25.1 Å². The minimum absolute atomic E-state index is 0.104. The molecule has 5 heteroatoms.